The summed E-state index contributed by atoms with van der Waals surface area (Å²) in [6.45, 7) is 4.14. The van der Waals surface area contributed by atoms with Crippen LogP contribution in [0, 0.1) is 0 Å². The monoisotopic (exact) mass is 264 g/mol. The third kappa shape index (κ3) is 3.24. The molecular formula is C14H20N2O3. The van der Waals surface area contributed by atoms with Crippen molar-refractivity contribution in [2.24, 2.45) is 0 Å². The fourth-order valence-electron chi connectivity index (χ4n) is 2.31. The van der Waals surface area contributed by atoms with E-state index in [0.717, 1.165) is 12.2 Å². The van der Waals surface area contributed by atoms with Crippen molar-refractivity contribution < 1.29 is 14.6 Å². The van der Waals surface area contributed by atoms with Crippen molar-refractivity contribution in [2.75, 3.05) is 31.6 Å². The molecule has 0 aliphatic carbocycles. The number of β-amino-alcohol motifs (C(OH)–C–C–N with tert-alkyl or cyclic N) is 1. The van der Waals surface area contributed by atoms with Crippen LogP contribution in [0.5, 0.6) is 0 Å². The van der Waals surface area contributed by atoms with E-state index in [-0.39, 0.29) is 12.1 Å². The summed E-state index contributed by atoms with van der Waals surface area (Å²) < 4.78 is 4.68. The molecule has 0 spiro atoms. The molecule has 1 aromatic rings. The number of rotatable bonds is 2. The van der Waals surface area contributed by atoms with Crippen LogP contribution >= 0.6 is 0 Å². The Morgan fingerprint density at radius 2 is 2.05 bits per heavy atom. The summed E-state index contributed by atoms with van der Waals surface area (Å²) in [5.41, 5.74) is 1.54. The van der Waals surface area contributed by atoms with Gasteiger partial charge in [-0.1, -0.05) is 0 Å². The molecule has 0 amide bonds. The summed E-state index contributed by atoms with van der Waals surface area (Å²) in [6.07, 6.45) is -0.384. The standard InChI is InChI=1S/C14H20N2O3/c1-10-7-15-8-13(17)9-16(10)12-5-3-11(4-6-12)14(18)19-2/h3-6,10,13,15,17H,7-9H2,1-2H3. The van der Waals surface area contributed by atoms with Crippen LogP contribution in [0.25, 0.3) is 0 Å². The molecule has 2 N–H and O–H groups in total. The zero-order chi connectivity index (χ0) is 13.8. The number of hydrogen-bond donors (Lipinski definition) is 2. The van der Waals surface area contributed by atoms with Gasteiger partial charge in [-0.2, -0.15) is 0 Å². The van der Waals surface area contributed by atoms with Crippen LogP contribution in [0.3, 0.4) is 0 Å². The molecule has 1 saturated heterocycles. The molecule has 1 heterocycles. The molecule has 1 aliphatic rings. The van der Waals surface area contributed by atoms with Gasteiger partial charge in [-0.15, -0.1) is 0 Å². The topological polar surface area (TPSA) is 61.8 Å². The smallest absolute Gasteiger partial charge is 0.337 e. The van der Waals surface area contributed by atoms with Gasteiger partial charge in [0.2, 0.25) is 0 Å². The Morgan fingerprint density at radius 3 is 2.68 bits per heavy atom. The Hall–Kier alpha value is -1.59. The molecular weight excluding hydrogens is 244 g/mol. The molecule has 0 saturated carbocycles. The van der Waals surface area contributed by atoms with Crippen LogP contribution in [0.2, 0.25) is 0 Å². The van der Waals surface area contributed by atoms with Crippen molar-refractivity contribution in [3.05, 3.63) is 29.8 Å². The summed E-state index contributed by atoms with van der Waals surface area (Å²) in [5, 5.41) is 13.1. The van der Waals surface area contributed by atoms with E-state index in [1.807, 2.05) is 12.1 Å². The molecule has 19 heavy (non-hydrogen) atoms. The van der Waals surface area contributed by atoms with Gasteiger partial charge in [0.05, 0.1) is 18.8 Å². The maximum absolute atomic E-state index is 11.4. The number of esters is 1. The van der Waals surface area contributed by atoms with E-state index in [0.29, 0.717) is 24.7 Å². The lowest BCUT2D eigenvalue weighted by atomic mass is 10.1. The van der Waals surface area contributed by atoms with E-state index in [9.17, 15) is 9.90 Å². The largest absolute Gasteiger partial charge is 0.465 e. The average molecular weight is 264 g/mol. The normalized spacial score (nSPS) is 23.8. The highest BCUT2D eigenvalue weighted by atomic mass is 16.5. The summed E-state index contributed by atoms with van der Waals surface area (Å²) >= 11 is 0. The minimum atomic E-state index is -0.384. The van der Waals surface area contributed by atoms with Crippen LogP contribution in [0.1, 0.15) is 17.3 Å². The molecule has 104 valence electrons. The van der Waals surface area contributed by atoms with Gasteiger partial charge in [-0.25, -0.2) is 4.79 Å². The molecule has 0 bridgehead atoms. The quantitative estimate of drug-likeness (QED) is 0.767. The van der Waals surface area contributed by atoms with Crippen LogP contribution in [-0.4, -0.2) is 50.0 Å². The summed E-state index contributed by atoms with van der Waals surface area (Å²) in [5.74, 6) is -0.336. The second kappa shape index (κ2) is 6.04. The Morgan fingerprint density at radius 1 is 1.37 bits per heavy atom. The highest BCUT2D eigenvalue weighted by molar-refractivity contribution is 5.89. The third-order valence-electron chi connectivity index (χ3n) is 3.38. The second-order valence-electron chi connectivity index (χ2n) is 4.85. The Kier molecular flexibility index (Phi) is 4.39. The number of nitrogens with one attached hydrogen (secondary N) is 1. The Balaban J connectivity index is 2.17. The summed E-state index contributed by atoms with van der Waals surface area (Å²) in [6, 6.07) is 7.57. The number of carbonyl (C=O) groups is 1. The zero-order valence-electron chi connectivity index (χ0n) is 11.3. The molecule has 2 unspecified atom stereocenters. The number of methoxy groups -OCH3 is 1. The molecule has 0 aromatic heterocycles. The predicted octanol–water partition coefficient (Wildman–Crippen LogP) is 0.632. The first kappa shape index (κ1) is 13.8. The molecule has 5 heteroatoms. The van der Waals surface area contributed by atoms with Gasteiger partial charge in [0.1, 0.15) is 0 Å². The Bertz CT molecular complexity index is 433. The lowest BCUT2D eigenvalue weighted by Gasteiger charge is -2.30. The van der Waals surface area contributed by atoms with Gasteiger partial charge in [-0.3, -0.25) is 0 Å². The molecule has 1 aliphatic heterocycles. The number of anilines is 1. The first-order chi connectivity index (χ1) is 9.11. The van der Waals surface area contributed by atoms with E-state index in [2.05, 4.69) is 21.9 Å². The van der Waals surface area contributed by atoms with Crippen molar-refractivity contribution in [1.29, 1.82) is 0 Å². The molecule has 1 aromatic carbocycles. The number of benzene rings is 1. The van der Waals surface area contributed by atoms with Crippen LogP contribution in [-0.2, 0) is 4.74 Å². The van der Waals surface area contributed by atoms with Gasteiger partial charge in [0, 0.05) is 31.4 Å². The van der Waals surface area contributed by atoms with Crippen molar-refractivity contribution in [3.8, 4) is 0 Å². The van der Waals surface area contributed by atoms with E-state index < -0.39 is 0 Å². The number of aliphatic hydroxyl groups is 1. The van der Waals surface area contributed by atoms with E-state index >= 15 is 0 Å². The van der Waals surface area contributed by atoms with Crippen molar-refractivity contribution in [2.45, 2.75) is 19.1 Å². The molecule has 2 atom stereocenters. The third-order valence-corrected chi connectivity index (χ3v) is 3.38. The molecule has 5 nitrogen and oxygen atoms in total. The first-order valence-electron chi connectivity index (χ1n) is 6.45. The highest BCUT2D eigenvalue weighted by Gasteiger charge is 2.21. The number of hydrogen-bond acceptors (Lipinski definition) is 5. The fourth-order valence-corrected chi connectivity index (χ4v) is 2.31. The van der Waals surface area contributed by atoms with E-state index in [4.69, 9.17) is 0 Å². The fraction of sp³-hybridized carbons (Fsp3) is 0.500. The molecule has 1 fully saturated rings. The minimum absolute atomic E-state index is 0.293. The van der Waals surface area contributed by atoms with Crippen molar-refractivity contribution in [1.82, 2.24) is 5.32 Å². The van der Waals surface area contributed by atoms with Crippen LogP contribution in [0.4, 0.5) is 5.69 Å². The number of aliphatic hydroxyl groups excluding tert-OH is 1. The number of ether oxygens (including phenoxy) is 1. The molecule has 0 radical (unpaired) electrons. The predicted molar refractivity (Wildman–Crippen MR) is 73.5 cm³/mol. The highest BCUT2D eigenvalue weighted by Crippen LogP contribution is 2.19. The van der Waals surface area contributed by atoms with Crippen LogP contribution in [0.15, 0.2) is 24.3 Å². The van der Waals surface area contributed by atoms with Crippen molar-refractivity contribution in [3.63, 3.8) is 0 Å². The number of carbonyl (C=O) groups excluding carboxylic acids is 1. The van der Waals surface area contributed by atoms with Crippen molar-refractivity contribution >= 4 is 11.7 Å². The first-order valence-corrected chi connectivity index (χ1v) is 6.45. The van der Waals surface area contributed by atoms with Gasteiger partial charge in [-0.05, 0) is 31.2 Å². The van der Waals surface area contributed by atoms with Crippen LogP contribution < -0.4 is 10.2 Å². The summed E-state index contributed by atoms with van der Waals surface area (Å²) in [7, 11) is 1.37. The lowest BCUT2D eigenvalue weighted by Crippen LogP contribution is -2.39. The van der Waals surface area contributed by atoms with E-state index in [1.165, 1.54) is 7.11 Å². The number of nitrogens with zero attached hydrogens (tertiary/aromatic N) is 1. The van der Waals surface area contributed by atoms with Gasteiger partial charge >= 0.3 is 5.97 Å². The maximum atomic E-state index is 11.4. The van der Waals surface area contributed by atoms with Gasteiger partial charge in [0.25, 0.3) is 0 Å². The second-order valence-corrected chi connectivity index (χ2v) is 4.85. The van der Waals surface area contributed by atoms with E-state index in [1.54, 1.807) is 12.1 Å². The zero-order valence-corrected chi connectivity index (χ0v) is 11.3. The summed E-state index contributed by atoms with van der Waals surface area (Å²) in [4.78, 5) is 13.5. The Labute approximate surface area is 113 Å². The SMILES string of the molecule is COC(=O)c1ccc(N2CC(O)CNCC2C)cc1. The lowest BCUT2D eigenvalue weighted by molar-refractivity contribution is 0.0600. The van der Waals surface area contributed by atoms with Gasteiger partial charge in [0.15, 0.2) is 0 Å². The average Bonchev–Trinajstić information content (AvgIpc) is 2.60. The maximum Gasteiger partial charge on any atom is 0.337 e. The van der Waals surface area contributed by atoms with Gasteiger partial charge < -0.3 is 20.1 Å². The minimum Gasteiger partial charge on any atom is -0.465 e. The molecule has 2 rings (SSSR count).